The topological polar surface area (TPSA) is 119 Å². The number of alkyl halides is 3. The summed E-state index contributed by atoms with van der Waals surface area (Å²) in [6, 6.07) is 4.27. The van der Waals surface area contributed by atoms with Crippen molar-refractivity contribution in [2.24, 2.45) is 22.7 Å². The first-order valence-corrected chi connectivity index (χ1v) is 13.2. The van der Waals surface area contributed by atoms with Gasteiger partial charge in [-0.05, 0) is 67.6 Å². The van der Waals surface area contributed by atoms with Gasteiger partial charge in [-0.2, -0.15) is 13.2 Å². The molecule has 38 heavy (non-hydrogen) atoms. The zero-order valence-corrected chi connectivity index (χ0v) is 21.7. The average molecular weight is 543 g/mol. The highest BCUT2D eigenvalue weighted by molar-refractivity contribution is 5.84. The van der Waals surface area contributed by atoms with Crippen LogP contribution in [-0.4, -0.2) is 70.2 Å². The number of anilines is 1. The van der Waals surface area contributed by atoms with Gasteiger partial charge in [-0.3, -0.25) is 10.1 Å². The molecule has 0 aromatic heterocycles. The molecule has 0 radical (unpaired) electrons. The Hall–Kier alpha value is -2.37. The summed E-state index contributed by atoms with van der Waals surface area (Å²) in [4.78, 5) is 27.4. The van der Waals surface area contributed by atoms with Crippen molar-refractivity contribution in [3.05, 3.63) is 29.8 Å². The Morgan fingerprint density at radius 1 is 1.16 bits per heavy atom. The smallest absolute Gasteiger partial charge is 0.416 e. The van der Waals surface area contributed by atoms with E-state index in [1.165, 1.54) is 12.1 Å². The van der Waals surface area contributed by atoms with Crippen LogP contribution in [0.1, 0.15) is 57.9 Å². The molecule has 2 amide bonds. The largest absolute Gasteiger partial charge is 0.445 e. The Kier molecular flexibility index (Phi) is 8.03. The van der Waals surface area contributed by atoms with Crippen LogP contribution in [0.25, 0.3) is 0 Å². The number of rotatable bonds is 5. The van der Waals surface area contributed by atoms with Crippen LogP contribution < -0.4 is 5.32 Å². The molecule has 3 aliphatic rings. The SMILES string of the molecule is CC1(CO)C(OC(=O)Nc2cccc(C(F)(F)F)c2)CCC2(C)C(CC(=O)N3CCC(O)C3)C(O)CCC12. The number of halogens is 3. The van der Waals surface area contributed by atoms with Crippen LogP contribution in [0.2, 0.25) is 0 Å². The molecular formula is C27H37F3N2O6. The summed E-state index contributed by atoms with van der Waals surface area (Å²) in [5.41, 5.74) is -2.35. The Morgan fingerprint density at radius 3 is 2.53 bits per heavy atom. The molecule has 2 aliphatic carbocycles. The van der Waals surface area contributed by atoms with Crippen LogP contribution in [-0.2, 0) is 15.7 Å². The average Bonchev–Trinajstić information content (AvgIpc) is 3.29. The molecular weight excluding hydrogens is 505 g/mol. The number of aliphatic hydroxyl groups excluding tert-OH is 3. The highest BCUT2D eigenvalue weighted by Crippen LogP contribution is 2.61. The van der Waals surface area contributed by atoms with Crippen molar-refractivity contribution < 1.29 is 42.8 Å². The van der Waals surface area contributed by atoms with Crippen molar-refractivity contribution in [2.45, 2.75) is 76.9 Å². The number of nitrogens with zero attached hydrogens (tertiary/aromatic N) is 1. The van der Waals surface area contributed by atoms with E-state index in [1.807, 2.05) is 13.8 Å². The first-order chi connectivity index (χ1) is 17.8. The van der Waals surface area contributed by atoms with E-state index in [9.17, 15) is 38.1 Å². The van der Waals surface area contributed by atoms with E-state index in [1.54, 1.807) is 4.90 Å². The molecule has 0 spiro atoms. The molecule has 11 heteroatoms. The fraction of sp³-hybridized carbons (Fsp3) is 0.704. The summed E-state index contributed by atoms with van der Waals surface area (Å²) in [6.45, 7) is 4.31. The summed E-state index contributed by atoms with van der Waals surface area (Å²) in [5, 5.41) is 33.7. The minimum Gasteiger partial charge on any atom is -0.445 e. The molecule has 7 unspecified atom stereocenters. The molecule has 212 valence electrons. The third kappa shape index (κ3) is 5.51. The summed E-state index contributed by atoms with van der Waals surface area (Å²) in [5.74, 6) is -0.653. The second-order valence-corrected chi connectivity index (χ2v) is 11.6. The summed E-state index contributed by atoms with van der Waals surface area (Å²) in [7, 11) is 0. The van der Waals surface area contributed by atoms with E-state index < -0.39 is 47.0 Å². The number of likely N-dealkylation sites (tertiary alicyclic amines) is 1. The minimum atomic E-state index is -4.55. The highest BCUT2D eigenvalue weighted by Gasteiger charge is 2.60. The molecule has 0 bridgehead atoms. The zero-order valence-electron chi connectivity index (χ0n) is 21.7. The van der Waals surface area contributed by atoms with Crippen molar-refractivity contribution in [1.29, 1.82) is 0 Å². The molecule has 1 aliphatic heterocycles. The molecule has 4 N–H and O–H groups in total. The highest BCUT2D eigenvalue weighted by atomic mass is 19.4. The van der Waals surface area contributed by atoms with Gasteiger partial charge in [-0.15, -0.1) is 0 Å². The second kappa shape index (κ2) is 10.7. The lowest BCUT2D eigenvalue weighted by Crippen LogP contribution is -2.61. The lowest BCUT2D eigenvalue weighted by molar-refractivity contribution is -0.186. The number of ether oxygens (including phenoxy) is 1. The number of fused-ring (bicyclic) bond motifs is 1. The maximum atomic E-state index is 13.0. The maximum Gasteiger partial charge on any atom is 0.416 e. The van der Waals surface area contributed by atoms with Crippen LogP contribution >= 0.6 is 0 Å². The van der Waals surface area contributed by atoms with Gasteiger partial charge in [0.15, 0.2) is 0 Å². The van der Waals surface area contributed by atoms with Gasteiger partial charge in [0.1, 0.15) is 6.10 Å². The molecule has 1 aromatic rings. The maximum absolute atomic E-state index is 13.0. The van der Waals surface area contributed by atoms with Gasteiger partial charge in [-0.1, -0.05) is 19.9 Å². The number of aliphatic hydroxyl groups is 3. The monoisotopic (exact) mass is 542 g/mol. The summed E-state index contributed by atoms with van der Waals surface area (Å²) >= 11 is 0. The Bertz CT molecular complexity index is 1040. The fourth-order valence-electron chi connectivity index (χ4n) is 7.12. The fourth-order valence-corrected chi connectivity index (χ4v) is 7.12. The van der Waals surface area contributed by atoms with Gasteiger partial charge in [0.05, 0.1) is 24.4 Å². The second-order valence-electron chi connectivity index (χ2n) is 11.6. The molecule has 4 rings (SSSR count). The van der Waals surface area contributed by atoms with Crippen molar-refractivity contribution >= 4 is 17.7 Å². The van der Waals surface area contributed by atoms with E-state index in [0.717, 1.165) is 12.1 Å². The molecule has 1 aromatic carbocycles. The van der Waals surface area contributed by atoms with Gasteiger partial charge >= 0.3 is 12.3 Å². The van der Waals surface area contributed by atoms with Crippen molar-refractivity contribution in [2.75, 3.05) is 25.0 Å². The van der Waals surface area contributed by atoms with E-state index in [2.05, 4.69) is 5.32 Å². The normalized spacial score (nSPS) is 35.5. The number of benzene rings is 1. The first kappa shape index (κ1) is 28.6. The van der Waals surface area contributed by atoms with E-state index >= 15 is 0 Å². The summed E-state index contributed by atoms with van der Waals surface area (Å²) in [6.07, 6.45) is -4.86. The van der Waals surface area contributed by atoms with Crippen LogP contribution in [0.3, 0.4) is 0 Å². The quantitative estimate of drug-likeness (QED) is 0.450. The van der Waals surface area contributed by atoms with Gasteiger partial charge < -0.3 is 25.0 Å². The van der Waals surface area contributed by atoms with Crippen molar-refractivity contribution in [3.63, 3.8) is 0 Å². The molecule has 8 nitrogen and oxygen atoms in total. The number of carbonyl (C=O) groups is 2. The lowest BCUT2D eigenvalue weighted by atomic mass is 9.46. The third-order valence-corrected chi connectivity index (χ3v) is 9.27. The van der Waals surface area contributed by atoms with Gasteiger partial charge in [0.2, 0.25) is 5.91 Å². The van der Waals surface area contributed by atoms with E-state index in [4.69, 9.17) is 4.74 Å². The number of hydrogen-bond acceptors (Lipinski definition) is 6. The van der Waals surface area contributed by atoms with Crippen LogP contribution in [0.4, 0.5) is 23.7 Å². The van der Waals surface area contributed by atoms with Gasteiger partial charge in [0.25, 0.3) is 0 Å². The zero-order chi connectivity index (χ0) is 27.9. The molecule has 1 heterocycles. The molecule has 2 saturated carbocycles. The number of amides is 2. The molecule has 1 saturated heterocycles. The molecule has 7 atom stereocenters. The minimum absolute atomic E-state index is 0.0532. The first-order valence-electron chi connectivity index (χ1n) is 13.2. The standard InChI is InChI=1S/C27H37F3N2O6/c1-25-10-8-22(38-24(37)31-17-5-3-4-16(12-17)27(28,29)30)26(2,15-33)21(25)7-6-20(35)19(25)13-23(36)32-11-9-18(34)14-32/h3-5,12,18-22,33-35H,6-11,13-15H2,1-2H3,(H,31,37). The van der Waals surface area contributed by atoms with Crippen LogP contribution in [0.15, 0.2) is 24.3 Å². The Morgan fingerprint density at radius 2 is 1.89 bits per heavy atom. The van der Waals surface area contributed by atoms with Gasteiger partial charge in [-0.25, -0.2) is 4.79 Å². The number of β-amino-alcohol motifs (C(OH)–C–C–N with tert-alkyl or cyclic N) is 1. The lowest BCUT2D eigenvalue weighted by Gasteiger charge is -2.60. The van der Waals surface area contributed by atoms with Crippen LogP contribution in [0, 0.1) is 22.7 Å². The molecule has 3 fully saturated rings. The van der Waals surface area contributed by atoms with Crippen LogP contribution in [0.5, 0.6) is 0 Å². The number of carbonyl (C=O) groups excluding carboxylic acids is 2. The Balaban J connectivity index is 1.48. The van der Waals surface area contributed by atoms with E-state index in [0.29, 0.717) is 38.6 Å². The summed E-state index contributed by atoms with van der Waals surface area (Å²) < 4.78 is 44.8. The van der Waals surface area contributed by atoms with Crippen molar-refractivity contribution in [1.82, 2.24) is 4.90 Å². The number of nitrogens with one attached hydrogen (secondary N) is 1. The predicted molar refractivity (Wildman–Crippen MR) is 132 cm³/mol. The predicted octanol–water partition coefficient (Wildman–Crippen LogP) is 3.79. The third-order valence-electron chi connectivity index (χ3n) is 9.27. The Labute approximate surface area is 220 Å². The van der Waals surface area contributed by atoms with E-state index in [-0.39, 0.29) is 43.0 Å². The number of hydrogen-bond donors (Lipinski definition) is 4. The van der Waals surface area contributed by atoms with Gasteiger partial charge in [0, 0.05) is 30.6 Å². The van der Waals surface area contributed by atoms with Crippen molar-refractivity contribution in [3.8, 4) is 0 Å².